The van der Waals surface area contributed by atoms with E-state index < -0.39 is 22.5 Å². The Morgan fingerprint density at radius 3 is 2.58 bits per heavy atom. The standard InChI is InChI=1S/C30H27N3O9S/c1-17-26(29(35)41-14-13-38-2)27(20-7-5-6-8-22(20)39-3)32-28(34)25(43-30(32)31-17)16-19-10-12-24(42-19)21-15-18(33(36)37)9-11-23(21)40-4/h5-12,15-16,27H,13-14H2,1-4H3. The van der Waals surface area contributed by atoms with Crippen LogP contribution in [0.3, 0.4) is 0 Å². The Labute approximate surface area is 248 Å². The number of hydrogen-bond donors (Lipinski definition) is 0. The van der Waals surface area contributed by atoms with Gasteiger partial charge in [-0.15, -0.1) is 0 Å². The average Bonchev–Trinajstić information content (AvgIpc) is 3.60. The Bertz CT molecular complexity index is 1920. The molecule has 4 aromatic rings. The molecule has 0 saturated carbocycles. The lowest BCUT2D eigenvalue weighted by atomic mass is 9.95. The molecule has 1 atom stereocenters. The number of non-ortho nitro benzene ring substituents is 1. The van der Waals surface area contributed by atoms with Crippen molar-refractivity contribution >= 4 is 29.1 Å². The summed E-state index contributed by atoms with van der Waals surface area (Å²) in [5.41, 5.74) is 1.07. The molecule has 222 valence electrons. The SMILES string of the molecule is COCCOC(=O)C1=C(C)N=c2sc(=Cc3ccc(-c4cc([N+](=O)[O-])ccc4OC)o3)c(=O)n2C1c1ccccc1OC. The fraction of sp³-hybridized carbons (Fsp3) is 0.233. The van der Waals surface area contributed by atoms with Crippen LogP contribution in [0.25, 0.3) is 17.4 Å². The fourth-order valence-electron chi connectivity index (χ4n) is 4.77. The van der Waals surface area contributed by atoms with E-state index in [0.29, 0.717) is 49.2 Å². The molecule has 0 fully saturated rings. The van der Waals surface area contributed by atoms with Crippen LogP contribution in [-0.4, -0.2) is 50.0 Å². The molecular formula is C30H27N3O9S. The van der Waals surface area contributed by atoms with Crippen molar-refractivity contribution in [2.75, 3.05) is 34.5 Å². The van der Waals surface area contributed by atoms with Crippen LogP contribution in [0.15, 0.2) is 80.1 Å². The molecule has 3 heterocycles. The number of carbonyl (C=O) groups is 1. The van der Waals surface area contributed by atoms with Gasteiger partial charge >= 0.3 is 5.97 Å². The largest absolute Gasteiger partial charge is 0.496 e. The number of nitro benzene ring substituents is 1. The molecule has 2 aromatic heterocycles. The number of esters is 1. The number of methoxy groups -OCH3 is 3. The molecule has 0 saturated heterocycles. The van der Waals surface area contributed by atoms with Gasteiger partial charge in [0.05, 0.1) is 47.1 Å². The van der Waals surface area contributed by atoms with Gasteiger partial charge in [0.1, 0.15) is 35.7 Å². The molecule has 1 unspecified atom stereocenters. The Kier molecular flexibility index (Phi) is 8.55. The summed E-state index contributed by atoms with van der Waals surface area (Å²) in [6.07, 6.45) is 1.56. The molecule has 1 aliphatic rings. The molecule has 2 aromatic carbocycles. The predicted molar refractivity (Wildman–Crippen MR) is 157 cm³/mol. The van der Waals surface area contributed by atoms with E-state index >= 15 is 0 Å². The Morgan fingerprint density at radius 1 is 1.09 bits per heavy atom. The zero-order valence-electron chi connectivity index (χ0n) is 23.7. The lowest BCUT2D eigenvalue weighted by molar-refractivity contribution is -0.384. The number of hydrogen-bond acceptors (Lipinski definition) is 11. The summed E-state index contributed by atoms with van der Waals surface area (Å²) in [4.78, 5) is 43.1. The number of para-hydroxylation sites is 1. The summed E-state index contributed by atoms with van der Waals surface area (Å²) in [5, 5.41) is 11.3. The van der Waals surface area contributed by atoms with E-state index in [9.17, 15) is 19.7 Å². The lowest BCUT2D eigenvalue weighted by Crippen LogP contribution is -2.40. The zero-order chi connectivity index (χ0) is 30.7. The number of thiazole rings is 1. The quantitative estimate of drug-likeness (QED) is 0.115. The van der Waals surface area contributed by atoms with Crippen LogP contribution in [0.2, 0.25) is 0 Å². The number of nitrogens with zero attached hydrogens (tertiary/aromatic N) is 3. The number of aromatic nitrogens is 1. The number of rotatable bonds is 10. The number of ether oxygens (including phenoxy) is 4. The number of nitro groups is 1. The summed E-state index contributed by atoms with van der Waals surface area (Å²) in [6, 6.07) is 13.7. The Balaban J connectivity index is 1.62. The Hall–Kier alpha value is -5.01. The van der Waals surface area contributed by atoms with Crippen LogP contribution < -0.4 is 24.4 Å². The van der Waals surface area contributed by atoms with Gasteiger partial charge in [0.15, 0.2) is 4.80 Å². The molecular weight excluding hydrogens is 578 g/mol. The van der Waals surface area contributed by atoms with Crippen molar-refractivity contribution in [2.24, 2.45) is 4.99 Å². The van der Waals surface area contributed by atoms with Crippen molar-refractivity contribution in [3.05, 3.63) is 107 Å². The maximum Gasteiger partial charge on any atom is 0.338 e. The number of benzene rings is 2. The van der Waals surface area contributed by atoms with E-state index in [2.05, 4.69) is 4.99 Å². The third-order valence-electron chi connectivity index (χ3n) is 6.76. The first-order chi connectivity index (χ1) is 20.8. The highest BCUT2D eigenvalue weighted by Crippen LogP contribution is 2.36. The molecule has 1 aliphatic heterocycles. The number of furan rings is 1. The summed E-state index contributed by atoms with van der Waals surface area (Å²) in [7, 11) is 4.47. The van der Waals surface area contributed by atoms with Crippen LogP contribution in [0, 0.1) is 10.1 Å². The van der Waals surface area contributed by atoms with Gasteiger partial charge in [-0.1, -0.05) is 29.5 Å². The normalized spacial score (nSPS) is 14.7. The predicted octanol–water partition coefficient (Wildman–Crippen LogP) is 3.61. The summed E-state index contributed by atoms with van der Waals surface area (Å²) < 4.78 is 29.1. The second-order valence-electron chi connectivity index (χ2n) is 9.30. The van der Waals surface area contributed by atoms with Crippen molar-refractivity contribution in [1.82, 2.24) is 4.57 Å². The monoisotopic (exact) mass is 605 g/mol. The van der Waals surface area contributed by atoms with Crippen molar-refractivity contribution < 1.29 is 33.1 Å². The van der Waals surface area contributed by atoms with Gasteiger partial charge in [-0.25, -0.2) is 9.79 Å². The highest BCUT2D eigenvalue weighted by Gasteiger charge is 2.35. The average molecular weight is 606 g/mol. The van der Waals surface area contributed by atoms with E-state index in [1.165, 1.54) is 44.1 Å². The highest BCUT2D eigenvalue weighted by molar-refractivity contribution is 7.07. The lowest BCUT2D eigenvalue weighted by Gasteiger charge is -2.26. The summed E-state index contributed by atoms with van der Waals surface area (Å²) in [6.45, 7) is 1.94. The molecule has 0 N–H and O–H groups in total. The van der Waals surface area contributed by atoms with Crippen molar-refractivity contribution in [1.29, 1.82) is 0 Å². The van der Waals surface area contributed by atoms with Gasteiger partial charge in [-0.3, -0.25) is 19.5 Å². The van der Waals surface area contributed by atoms with Crippen LogP contribution >= 0.6 is 11.3 Å². The van der Waals surface area contributed by atoms with Gasteiger partial charge in [0.2, 0.25) is 0 Å². The molecule has 0 spiro atoms. The van der Waals surface area contributed by atoms with E-state index in [4.69, 9.17) is 23.4 Å². The Morgan fingerprint density at radius 2 is 1.86 bits per heavy atom. The van der Waals surface area contributed by atoms with Gasteiger partial charge in [-0.2, -0.15) is 0 Å². The van der Waals surface area contributed by atoms with E-state index in [0.717, 1.165) is 11.3 Å². The fourth-order valence-corrected chi connectivity index (χ4v) is 5.80. The first-order valence-electron chi connectivity index (χ1n) is 13.0. The van der Waals surface area contributed by atoms with Crippen LogP contribution in [0.5, 0.6) is 11.5 Å². The number of allylic oxidation sites excluding steroid dienone is 1. The minimum Gasteiger partial charge on any atom is -0.496 e. The highest BCUT2D eigenvalue weighted by atomic mass is 32.1. The summed E-state index contributed by atoms with van der Waals surface area (Å²) >= 11 is 1.13. The first kappa shape index (κ1) is 29.5. The van der Waals surface area contributed by atoms with Gasteiger partial charge in [0, 0.05) is 30.9 Å². The third kappa shape index (κ3) is 5.72. The minimum absolute atomic E-state index is 0.0331. The molecule has 13 heteroatoms. The molecule has 0 aliphatic carbocycles. The third-order valence-corrected chi connectivity index (χ3v) is 7.74. The molecule has 12 nitrogen and oxygen atoms in total. The minimum atomic E-state index is -0.870. The topological polar surface area (TPSA) is 145 Å². The van der Waals surface area contributed by atoms with Crippen molar-refractivity contribution in [2.45, 2.75) is 13.0 Å². The smallest absolute Gasteiger partial charge is 0.338 e. The molecule has 43 heavy (non-hydrogen) atoms. The number of fused-ring (bicyclic) bond motifs is 1. The van der Waals surface area contributed by atoms with Crippen molar-refractivity contribution in [3.8, 4) is 22.8 Å². The van der Waals surface area contributed by atoms with Gasteiger partial charge < -0.3 is 23.4 Å². The van der Waals surface area contributed by atoms with E-state index in [-0.39, 0.29) is 24.5 Å². The molecule has 0 amide bonds. The maximum absolute atomic E-state index is 13.9. The maximum atomic E-state index is 13.9. The van der Waals surface area contributed by atoms with Crippen LogP contribution in [0.1, 0.15) is 24.3 Å². The van der Waals surface area contributed by atoms with Crippen LogP contribution in [0.4, 0.5) is 5.69 Å². The number of carbonyl (C=O) groups excluding carboxylic acids is 1. The van der Waals surface area contributed by atoms with Gasteiger partial charge in [-0.05, 0) is 31.2 Å². The zero-order valence-corrected chi connectivity index (χ0v) is 24.5. The first-order valence-corrected chi connectivity index (χ1v) is 13.8. The van der Waals surface area contributed by atoms with E-state index in [1.54, 1.807) is 49.4 Å². The van der Waals surface area contributed by atoms with Crippen molar-refractivity contribution in [3.63, 3.8) is 0 Å². The second kappa shape index (κ2) is 12.5. The second-order valence-corrected chi connectivity index (χ2v) is 10.3. The van der Waals surface area contributed by atoms with Gasteiger partial charge in [0.25, 0.3) is 11.2 Å². The summed E-state index contributed by atoms with van der Waals surface area (Å²) in [5.74, 6) is 0.912. The molecule has 0 bridgehead atoms. The van der Waals surface area contributed by atoms with Crippen LogP contribution in [-0.2, 0) is 14.3 Å². The molecule has 0 radical (unpaired) electrons. The molecule has 5 rings (SSSR count). The van der Waals surface area contributed by atoms with E-state index in [1.807, 2.05) is 0 Å².